The second kappa shape index (κ2) is 70.3. The molecule has 0 rings (SSSR count). The van der Waals surface area contributed by atoms with E-state index in [2.05, 4.69) is 93.7 Å². The van der Waals surface area contributed by atoms with Crippen LogP contribution in [0.4, 0.5) is 0 Å². The third kappa shape index (κ3) is 67.6. The molecule has 476 valence electrons. The second-order valence-electron chi connectivity index (χ2n) is 24.1. The lowest BCUT2D eigenvalue weighted by Crippen LogP contribution is -2.30. The van der Waals surface area contributed by atoms with E-state index in [9.17, 15) is 14.4 Å². The Morgan fingerprint density at radius 3 is 0.744 bits per heavy atom. The van der Waals surface area contributed by atoms with Gasteiger partial charge in [0.1, 0.15) is 13.2 Å². The predicted molar refractivity (Wildman–Crippen MR) is 358 cm³/mol. The molecule has 0 aromatic rings. The molecule has 6 heteroatoms. The Balaban J connectivity index is 4.01. The molecule has 0 aliphatic carbocycles. The third-order valence-corrected chi connectivity index (χ3v) is 15.9. The van der Waals surface area contributed by atoms with Crippen LogP contribution in [0, 0.1) is 0 Å². The van der Waals surface area contributed by atoms with Crippen LogP contribution in [-0.2, 0) is 28.6 Å². The van der Waals surface area contributed by atoms with Crippen molar-refractivity contribution in [1.82, 2.24) is 0 Å². The third-order valence-electron chi connectivity index (χ3n) is 15.9. The highest BCUT2D eigenvalue weighted by Crippen LogP contribution is 2.18. The van der Waals surface area contributed by atoms with E-state index in [0.717, 1.165) is 89.9 Å². The van der Waals surface area contributed by atoms with Crippen molar-refractivity contribution in [3.63, 3.8) is 0 Å². The van der Waals surface area contributed by atoms with E-state index in [1.165, 1.54) is 244 Å². The number of rotatable bonds is 66. The predicted octanol–water partition coefficient (Wildman–Crippen LogP) is 24.8. The number of carbonyl (C=O) groups excluding carboxylic acids is 3. The zero-order valence-corrected chi connectivity index (χ0v) is 54.8. The topological polar surface area (TPSA) is 78.9 Å². The molecule has 0 spiro atoms. The number of carbonyl (C=O) groups is 3. The van der Waals surface area contributed by atoms with E-state index in [1.54, 1.807) is 0 Å². The van der Waals surface area contributed by atoms with Crippen molar-refractivity contribution in [3.8, 4) is 0 Å². The maximum Gasteiger partial charge on any atom is 0.306 e. The average molecular weight is 1150 g/mol. The van der Waals surface area contributed by atoms with Crippen molar-refractivity contribution < 1.29 is 28.6 Å². The highest BCUT2D eigenvalue weighted by molar-refractivity contribution is 5.71. The lowest BCUT2D eigenvalue weighted by atomic mass is 10.0. The average Bonchev–Trinajstić information content (AvgIpc) is 3.47. The van der Waals surface area contributed by atoms with Crippen molar-refractivity contribution >= 4 is 17.9 Å². The normalized spacial score (nSPS) is 12.5. The van der Waals surface area contributed by atoms with Crippen molar-refractivity contribution in [3.05, 3.63) is 72.9 Å². The van der Waals surface area contributed by atoms with Gasteiger partial charge in [-0.15, -0.1) is 0 Å². The fourth-order valence-corrected chi connectivity index (χ4v) is 10.6. The lowest BCUT2D eigenvalue weighted by Gasteiger charge is -2.18. The largest absolute Gasteiger partial charge is 0.462 e. The van der Waals surface area contributed by atoms with Gasteiger partial charge in [0.25, 0.3) is 0 Å². The number of hydrogen-bond acceptors (Lipinski definition) is 6. The molecule has 0 bridgehead atoms. The Kier molecular flexibility index (Phi) is 67.6. The molecule has 0 aliphatic heterocycles. The zero-order chi connectivity index (χ0) is 59.2. The van der Waals surface area contributed by atoms with Gasteiger partial charge in [0.15, 0.2) is 6.10 Å². The number of hydrogen-bond donors (Lipinski definition) is 0. The summed E-state index contributed by atoms with van der Waals surface area (Å²) in [6.45, 7) is 6.53. The molecule has 0 amide bonds. The molecule has 82 heavy (non-hydrogen) atoms. The minimum Gasteiger partial charge on any atom is -0.462 e. The molecular formula is C76H136O6. The van der Waals surface area contributed by atoms with Crippen LogP contribution in [-0.4, -0.2) is 37.2 Å². The summed E-state index contributed by atoms with van der Waals surface area (Å²) in [7, 11) is 0. The van der Waals surface area contributed by atoms with E-state index in [4.69, 9.17) is 14.2 Å². The van der Waals surface area contributed by atoms with Crippen molar-refractivity contribution in [1.29, 1.82) is 0 Å². The van der Waals surface area contributed by atoms with Crippen LogP contribution in [0.15, 0.2) is 72.9 Å². The van der Waals surface area contributed by atoms with Gasteiger partial charge >= 0.3 is 17.9 Å². The van der Waals surface area contributed by atoms with Crippen LogP contribution in [0.3, 0.4) is 0 Å². The molecule has 0 aromatic carbocycles. The van der Waals surface area contributed by atoms with Crippen molar-refractivity contribution in [2.75, 3.05) is 13.2 Å². The first kappa shape index (κ1) is 78.8. The molecule has 0 aromatic heterocycles. The van der Waals surface area contributed by atoms with Crippen molar-refractivity contribution in [2.45, 2.75) is 380 Å². The number of unbranched alkanes of at least 4 members (excludes halogenated alkanes) is 43. The smallest absolute Gasteiger partial charge is 0.306 e. The van der Waals surface area contributed by atoms with Crippen LogP contribution < -0.4 is 0 Å². The molecule has 1 atom stereocenters. The summed E-state index contributed by atoms with van der Waals surface area (Å²) >= 11 is 0. The fraction of sp³-hybridized carbons (Fsp3) is 0.803. The van der Waals surface area contributed by atoms with Gasteiger partial charge < -0.3 is 14.2 Å². The van der Waals surface area contributed by atoms with Gasteiger partial charge in [0, 0.05) is 19.3 Å². The maximum absolute atomic E-state index is 12.9. The van der Waals surface area contributed by atoms with Crippen LogP contribution in [0.1, 0.15) is 374 Å². The Morgan fingerprint density at radius 2 is 0.476 bits per heavy atom. The van der Waals surface area contributed by atoms with Crippen LogP contribution in [0.2, 0.25) is 0 Å². The second-order valence-corrected chi connectivity index (χ2v) is 24.1. The Morgan fingerprint density at radius 1 is 0.256 bits per heavy atom. The summed E-state index contributed by atoms with van der Waals surface area (Å²) in [6.07, 6.45) is 92.5. The standard InChI is InChI=1S/C76H136O6/c1-4-7-10-13-16-19-21-23-25-27-29-31-32-33-34-35-36-37-38-39-40-41-42-43-44-46-47-49-51-53-55-57-60-63-66-69-75(78)81-72-73(71-80-74(77)68-65-62-59-18-15-12-9-6-3)82-76(79)70-67-64-61-58-56-54-52-50-48-45-30-28-26-24-22-20-17-14-11-8-5-2/h7,10,16,19,22-25,28-31,73H,4-6,8-9,11-15,17-18,20-21,26-27,32-72H2,1-3H3/b10-7-,19-16-,24-22-,25-23-,30-28-,31-29-. The minimum atomic E-state index is -0.773. The van der Waals surface area contributed by atoms with Gasteiger partial charge in [-0.25, -0.2) is 0 Å². The first-order valence-corrected chi connectivity index (χ1v) is 35.9. The SMILES string of the molecule is CC/C=C\C/C=C\C/C=C\C/C=C\CCCCCCCCCCCCCCCCCCCCCCCCC(=O)OCC(COC(=O)CCCCCCCCCC)OC(=O)CCCCCCCCCCC/C=C\C/C=C\CCCCCCC. The fourth-order valence-electron chi connectivity index (χ4n) is 10.6. The Hall–Kier alpha value is -3.15. The molecule has 0 saturated heterocycles. The summed E-state index contributed by atoms with van der Waals surface area (Å²) in [5, 5.41) is 0. The van der Waals surface area contributed by atoms with E-state index in [0.29, 0.717) is 19.3 Å². The van der Waals surface area contributed by atoms with Gasteiger partial charge in [0.05, 0.1) is 0 Å². The number of esters is 3. The Bertz CT molecular complexity index is 1500. The van der Waals surface area contributed by atoms with E-state index >= 15 is 0 Å². The molecule has 0 fully saturated rings. The van der Waals surface area contributed by atoms with Crippen molar-refractivity contribution in [2.24, 2.45) is 0 Å². The summed E-state index contributed by atoms with van der Waals surface area (Å²) in [4.78, 5) is 38.2. The van der Waals surface area contributed by atoms with E-state index in [1.807, 2.05) is 0 Å². The molecule has 0 N–H and O–H groups in total. The van der Waals surface area contributed by atoms with Gasteiger partial charge in [-0.2, -0.15) is 0 Å². The summed E-state index contributed by atoms with van der Waals surface area (Å²) in [5.41, 5.74) is 0. The zero-order valence-electron chi connectivity index (χ0n) is 54.8. The molecule has 0 saturated carbocycles. The minimum absolute atomic E-state index is 0.0710. The Labute approximate surface area is 510 Å². The quantitative estimate of drug-likeness (QED) is 0.0261. The highest BCUT2D eigenvalue weighted by Gasteiger charge is 2.19. The number of ether oxygens (including phenoxy) is 3. The molecular weight excluding hydrogens is 1010 g/mol. The summed E-state index contributed by atoms with van der Waals surface area (Å²) < 4.78 is 16.9. The van der Waals surface area contributed by atoms with Gasteiger partial charge in [-0.3, -0.25) is 14.4 Å². The maximum atomic E-state index is 12.9. The molecule has 6 nitrogen and oxygen atoms in total. The number of allylic oxidation sites excluding steroid dienone is 12. The van der Waals surface area contributed by atoms with E-state index in [-0.39, 0.29) is 31.1 Å². The van der Waals surface area contributed by atoms with Gasteiger partial charge in [0.2, 0.25) is 0 Å². The lowest BCUT2D eigenvalue weighted by molar-refractivity contribution is -0.167. The summed E-state index contributed by atoms with van der Waals surface area (Å²) in [5.74, 6) is -0.858. The molecule has 0 heterocycles. The van der Waals surface area contributed by atoms with Crippen LogP contribution in [0.25, 0.3) is 0 Å². The monoisotopic (exact) mass is 1150 g/mol. The molecule has 0 aliphatic rings. The first-order valence-electron chi connectivity index (χ1n) is 35.9. The van der Waals surface area contributed by atoms with Gasteiger partial charge in [-0.1, -0.05) is 338 Å². The first-order chi connectivity index (χ1) is 40.5. The van der Waals surface area contributed by atoms with Gasteiger partial charge in [-0.05, 0) is 89.9 Å². The summed E-state index contributed by atoms with van der Waals surface area (Å²) in [6, 6.07) is 0. The molecule has 1 unspecified atom stereocenters. The van der Waals surface area contributed by atoms with Crippen LogP contribution >= 0.6 is 0 Å². The van der Waals surface area contributed by atoms with E-state index < -0.39 is 6.10 Å². The highest BCUT2D eigenvalue weighted by atomic mass is 16.6. The van der Waals surface area contributed by atoms with Crippen LogP contribution in [0.5, 0.6) is 0 Å². The molecule has 0 radical (unpaired) electrons.